The summed E-state index contributed by atoms with van der Waals surface area (Å²) in [6.07, 6.45) is 0. The van der Waals surface area contributed by atoms with Crippen LogP contribution in [0.5, 0.6) is 0 Å². The van der Waals surface area contributed by atoms with Gasteiger partial charge in [0.15, 0.2) is 0 Å². The van der Waals surface area contributed by atoms with E-state index in [2.05, 4.69) is 5.14 Å². The second-order valence-electron chi connectivity index (χ2n) is 1.14. The van der Waals surface area contributed by atoms with E-state index in [4.69, 9.17) is 32.8 Å². The number of nitrogens with two attached hydrogens (primary N) is 1. The molecular weight excluding hydrogens is 314 g/mol. The normalized spacial score (nSPS) is 6.33. The molecule has 0 radical (unpaired) electrons. The Kier molecular flexibility index (Phi) is 61.1. The third kappa shape index (κ3) is 527. The Labute approximate surface area is 177 Å². The molecule has 0 aliphatic rings. The van der Waals surface area contributed by atoms with Gasteiger partial charge >= 0.3 is 124 Å². The minimum absolute atomic E-state index is 0. The number of carboxylic acids is 1. The van der Waals surface area contributed by atoms with Crippen LogP contribution in [0.4, 0.5) is 0 Å². The number of carboxylic acid groups (broad SMARTS) is 2. The Balaban J connectivity index is -0.0000000189. The summed E-state index contributed by atoms with van der Waals surface area (Å²) in [6, 6.07) is 0. The van der Waals surface area contributed by atoms with Crippen LogP contribution in [0, 0.1) is 0 Å². The summed E-state index contributed by atoms with van der Waals surface area (Å²) in [4.78, 5) is 17.4. The van der Waals surface area contributed by atoms with E-state index in [1.807, 2.05) is 0 Å². The fraction of sp³-hybridized carbons (Fsp3) is 0.333. The first kappa shape index (κ1) is 36.0. The van der Waals surface area contributed by atoms with Gasteiger partial charge in [-0.1, -0.05) is 0 Å². The fourth-order valence-corrected chi connectivity index (χ4v) is 0. The Morgan fingerprint density at radius 1 is 1.27 bits per heavy atom. The zero-order valence-corrected chi connectivity index (χ0v) is 15.6. The largest absolute Gasteiger partial charge is 2.00 e. The van der Waals surface area contributed by atoms with Crippen LogP contribution < -0.4 is 5.14 Å². The summed E-state index contributed by atoms with van der Waals surface area (Å²) >= 11 is 0. The first-order chi connectivity index (χ1) is 5.15. The van der Waals surface area contributed by atoms with Crippen molar-refractivity contribution in [1.82, 2.24) is 0 Å². The molecule has 0 aliphatic carbocycles. The second kappa shape index (κ2) is 25.4. The van der Waals surface area contributed by atoms with Crippen molar-refractivity contribution in [1.29, 1.82) is 0 Å². The monoisotopic (exact) mass is 323 g/mol. The molecule has 0 amide bonds. The van der Waals surface area contributed by atoms with Crippen LogP contribution in [0.15, 0.2) is 0 Å². The molecular formula is C3H9Ca3NO7S+6. The van der Waals surface area contributed by atoms with Gasteiger partial charge < -0.3 is 10.2 Å². The molecule has 0 rings (SSSR count). The van der Waals surface area contributed by atoms with Gasteiger partial charge in [0, 0.05) is 6.92 Å². The van der Waals surface area contributed by atoms with E-state index in [1.54, 1.807) is 0 Å². The van der Waals surface area contributed by atoms with Crippen molar-refractivity contribution in [2.24, 2.45) is 5.14 Å². The minimum atomic E-state index is -4.17. The van der Waals surface area contributed by atoms with Crippen molar-refractivity contribution in [3.8, 4) is 0 Å². The number of hydrogen-bond acceptors (Lipinski definition) is 4. The van der Waals surface area contributed by atoms with E-state index in [0.29, 0.717) is 0 Å². The molecule has 0 aromatic carbocycles. The summed E-state index contributed by atoms with van der Waals surface area (Å²) in [6.45, 7) is 0.833. The Morgan fingerprint density at radius 3 is 1.27 bits per heavy atom. The fourth-order valence-electron chi connectivity index (χ4n) is 0. The van der Waals surface area contributed by atoms with E-state index < -0.39 is 16.3 Å². The number of hydrogen-bond donors (Lipinski definition) is 4. The van der Waals surface area contributed by atoms with Gasteiger partial charge in [-0.05, 0) is 0 Å². The molecule has 0 saturated carbocycles. The molecule has 0 aromatic rings. The van der Waals surface area contributed by atoms with E-state index >= 15 is 0 Å². The predicted molar refractivity (Wildman–Crippen MR) is 55.0 cm³/mol. The van der Waals surface area contributed by atoms with E-state index in [1.165, 1.54) is 0 Å². The van der Waals surface area contributed by atoms with Gasteiger partial charge in [-0.15, -0.1) is 0 Å². The average Bonchev–Trinajstić information content (AvgIpc) is 1.56. The van der Waals surface area contributed by atoms with Gasteiger partial charge in [0.2, 0.25) is 0 Å². The zero-order chi connectivity index (χ0) is 10.8. The topological polar surface area (TPSA) is 155 Å². The third-order valence-corrected chi connectivity index (χ3v) is 0. The molecule has 74 valence electrons. The number of rotatable bonds is 0. The molecule has 0 aliphatic heterocycles. The predicted octanol–water partition coefficient (Wildman–Crippen LogP) is -2.60. The Bertz CT molecular complexity index is 206. The smallest absolute Gasteiger partial charge is 0.483 e. The molecule has 0 aromatic heterocycles. The van der Waals surface area contributed by atoms with Crippen LogP contribution in [0.2, 0.25) is 0 Å². The van der Waals surface area contributed by atoms with Gasteiger partial charge in [-0.3, -0.25) is 14.1 Å². The Morgan fingerprint density at radius 2 is 1.27 bits per heavy atom. The summed E-state index contributed by atoms with van der Waals surface area (Å²) in [5.74, 6) is -0.833. The molecule has 0 bridgehead atoms. The molecule has 0 saturated heterocycles. The minimum Gasteiger partial charge on any atom is -0.483 e. The molecule has 5 N–H and O–H groups in total. The summed E-state index contributed by atoms with van der Waals surface area (Å²) < 4.78 is 25.2. The maximum Gasteiger partial charge on any atom is 2.00 e. The van der Waals surface area contributed by atoms with Crippen molar-refractivity contribution >= 4 is 136 Å². The van der Waals surface area contributed by atoms with Crippen molar-refractivity contribution in [2.75, 3.05) is 0 Å². The summed E-state index contributed by atoms with van der Waals surface area (Å²) in [5.41, 5.74) is 0. The van der Waals surface area contributed by atoms with Crippen LogP contribution in [0.25, 0.3) is 0 Å². The molecule has 12 heteroatoms. The zero-order valence-electron chi connectivity index (χ0n) is 8.16. The van der Waals surface area contributed by atoms with E-state index in [0.717, 1.165) is 6.92 Å². The molecule has 0 spiro atoms. The quantitative estimate of drug-likeness (QED) is 0.216. The summed E-state index contributed by atoms with van der Waals surface area (Å²) in [5, 5.41) is 18.2. The van der Waals surface area contributed by atoms with Crippen molar-refractivity contribution in [3.05, 3.63) is 0 Å². The van der Waals surface area contributed by atoms with Gasteiger partial charge in [0.05, 0.1) is 0 Å². The van der Waals surface area contributed by atoms with E-state index in [-0.39, 0.29) is 120 Å². The summed E-state index contributed by atoms with van der Waals surface area (Å²) in [7, 11) is -4.17. The molecule has 0 unspecified atom stereocenters. The maximum atomic E-state index is 9.00. The van der Waals surface area contributed by atoms with Gasteiger partial charge in [-0.25, -0.2) is 5.14 Å². The van der Waals surface area contributed by atoms with Crippen molar-refractivity contribution in [2.45, 2.75) is 6.92 Å². The molecule has 15 heavy (non-hydrogen) atoms. The van der Waals surface area contributed by atoms with Crippen LogP contribution in [-0.4, -0.2) is 149 Å². The SMILES string of the molecule is CC(=O)O.NS(=O)(=O)O.O=CO.[Ca+2].[Ca+2].[Ca+2]. The third-order valence-electron chi connectivity index (χ3n) is 0. The number of aliphatic carboxylic acids is 1. The Hall–Kier alpha value is 2.59. The van der Waals surface area contributed by atoms with Gasteiger partial charge in [0.1, 0.15) is 0 Å². The average molecular weight is 323 g/mol. The maximum absolute atomic E-state index is 9.00. The van der Waals surface area contributed by atoms with Crippen LogP contribution >= 0.6 is 0 Å². The molecule has 0 fully saturated rings. The van der Waals surface area contributed by atoms with Crippen LogP contribution in [0.3, 0.4) is 0 Å². The van der Waals surface area contributed by atoms with Gasteiger partial charge in [0.25, 0.3) is 12.4 Å². The first-order valence-electron chi connectivity index (χ1n) is 2.17. The van der Waals surface area contributed by atoms with Crippen molar-refractivity contribution < 1.29 is 32.8 Å². The molecule has 0 atom stereocenters. The first-order valence-corrected chi connectivity index (χ1v) is 3.68. The van der Waals surface area contributed by atoms with Crippen LogP contribution in [0.1, 0.15) is 6.92 Å². The van der Waals surface area contributed by atoms with Gasteiger partial charge in [-0.2, -0.15) is 8.42 Å². The standard InChI is InChI=1S/C2H4O2.CH2O2.3Ca.H3NO3S/c1-2(3)4;2-1-3;;;;1-5(2,3)4/h1H3,(H,3,4);1H,(H,2,3);;;;(H3,1,2,3,4)/q;;3*+2;. The van der Waals surface area contributed by atoms with Crippen LogP contribution in [-0.2, 0) is 19.9 Å². The molecule has 0 heterocycles. The van der Waals surface area contributed by atoms with Crippen molar-refractivity contribution in [3.63, 3.8) is 0 Å². The second-order valence-corrected chi connectivity index (χ2v) is 2.17. The number of carbonyl (C=O) groups is 2. The van der Waals surface area contributed by atoms with E-state index in [9.17, 15) is 0 Å². The molecule has 8 nitrogen and oxygen atoms in total.